The molecule has 4 rings (SSSR count). The number of pyridine rings is 1. The number of rotatable bonds is 9. The lowest BCUT2D eigenvalue weighted by molar-refractivity contribution is -0.104. The van der Waals surface area contributed by atoms with Crippen molar-refractivity contribution in [3.05, 3.63) is 89.6 Å². The van der Waals surface area contributed by atoms with E-state index in [1.807, 2.05) is 48.3 Å². The van der Waals surface area contributed by atoms with Crippen molar-refractivity contribution in [1.29, 1.82) is 0 Å². The number of benzene rings is 2. The third-order valence-electron chi connectivity index (χ3n) is 6.70. The SMILES string of the molecule is CNc1ccc(-c2ccc(CN(C(=C=O)C3CCCCC3)c3cncc(/C=C/C=O)c3)c(F)c2)cc1.COC. The van der Waals surface area contributed by atoms with Gasteiger partial charge in [0.05, 0.1) is 18.4 Å². The number of hydrogen-bond acceptors (Lipinski definition) is 6. The molecule has 0 amide bonds. The molecule has 2 aromatic carbocycles. The molecule has 0 spiro atoms. The highest BCUT2D eigenvalue weighted by atomic mass is 19.1. The number of aromatic nitrogens is 1. The molecule has 1 saturated carbocycles. The Bertz CT molecular complexity index is 1290. The van der Waals surface area contributed by atoms with Crippen molar-refractivity contribution < 1.29 is 18.7 Å². The highest BCUT2D eigenvalue weighted by molar-refractivity contribution is 5.75. The van der Waals surface area contributed by atoms with E-state index in [9.17, 15) is 9.59 Å². The van der Waals surface area contributed by atoms with Gasteiger partial charge in [0.1, 0.15) is 23.7 Å². The summed E-state index contributed by atoms with van der Waals surface area (Å²) in [5, 5.41) is 3.08. The first-order valence-electron chi connectivity index (χ1n) is 13.1. The van der Waals surface area contributed by atoms with Crippen molar-refractivity contribution in [2.75, 3.05) is 31.5 Å². The molecule has 7 heteroatoms. The smallest absolute Gasteiger partial charge is 0.146 e. The van der Waals surface area contributed by atoms with Crippen LogP contribution in [0.5, 0.6) is 0 Å². The van der Waals surface area contributed by atoms with E-state index in [1.54, 1.807) is 38.8 Å². The fraction of sp³-hybridized carbons (Fsp3) is 0.312. The Morgan fingerprint density at radius 1 is 1.08 bits per heavy atom. The second kappa shape index (κ2) is 15.4. The van der Waals surface area contributed by atoms with Crippen LogP contribution in [0.4, 0.5) is 15.8 Å². The average molecular weight is 530 g/mol. The van der Waals surface area contributed by atoms with E-state index in [-0.39, 0.29) is 18.3 Å². The van der Waals surface area contributed by atoms with Crippen LogP contribution in [-0.4, -0.2) is 38.5 Å². The zero-order valence-electron chi connectivity index (χ0n) is 22.8. The molecule has 0 saturated heterocycles. The standard InChI is InChI=1S/C30H30FN3O2.C2H6O/c1-32-27-13-11-23(12-14-27)25-9-10-26(29(31)17-25)20-34(30(21-36)24-7-3-2-4-8-24)28-16-22(6-5-15-35)18-33-19-28;1-3-2/h5-6,9-19,24,32H,2-4,7-8,20H2,1H3;1-2H3/b6-5+;. The largest absolute Gasteiger partial charge is 0.388 e. The summed E-state index contributed by atoms with van der Waals surface area (Å²) in [7, 11) is 5.11. The summed E-state index contributed by atoms with van der Waals surface area (Å²) in [6, 6.07) is 14.9. The predicted molar refractivity (Wildman–Crippen MR) is 156 cm³/mol. The maximum absolute atomic E-state index is 15.4. The number of halogens is 1. The molecule has 6 nitrogen and oxygen atoms in total. The molecule has 0 bridgehead atoms. The lowest BCUT2D eigenvalue weighted by Crippen LogP contribution is -2.29. The van der Waals surface area contributed by atoms with Crippen LogP contribution in [0.3, 0.4) is 0 Å². The maximum Gasteiger partial charge on any atom is 0.146 e. The molecule has 1 N–H and O–H groups in total. The summed E-state index contributed by atoms with van der Waals surface area (Å²) >= 11 is 0. The van der Waals surface area contributed by atoms with Gasteiger partial charge in [0.15, 0.2) is 0 Å². The predicted octanol–water partition coefficient (Wildman–Crippen LogP) is 6.71. The van der Waals surface area contributed by atoms with Gasteiger partial charge >= 0.3 is 0 Å². The third-order valence-corrected chi connectivity index (χ3v) is 6.70. The summed E-state index contributed by atoms with van der Waals surface area (Å²) in [5.41, 5.74) is 5.08. The lowest BCUT2D eigenvalue weighted by Gasteiger charge is -2.32. The van der Waals surface area contributed by atoms with Gasteiger partial charge in [-0.2, -0.15) is 0 Å². The molecule has 0 radical (unpaired) electrons. The maximum atomic E-state index is 15.4. The summed E-state index contributed by atoms with van der Waals surface area (Å²) in [5.74, 6) is 1.91. The lowest BCUT2D eigenvalue weighted by atomic mass is 9.86. The van der Waals surface area contributed by atoms with Crippen LogP contribution in [0, 0.1) is 11.7 Å². The van der Waals surface area contributed by atoms with Crippen molar-refractivity contribution in [1.82, 2.24) is 4.98 Å². The van der Waals surface area contributed by atoms with Gasteiger partial charge in [-0.15, -0.1) is 0 Å². The molecule has 0 aliphatic heterocycles. The number of carbonyl (C=O) groups is 1. The van der Waals surface area contributed by atoms with Crippen molar-refractivity contribution >= 4 is 29.7 Å². The van der Waals surface area contributed by atoms with Gasteiger partial charge in [0.25, 0.3) is 0 Å². The zero-order chi connectivity index (χ0) is 28.0. The molecular weight excluding hydrogens is 493 g/mol. The molecular formula is C32H36FN3O3. The average Bonchev–Trinajstić information content (AvgIpc) is 2.98. The summed E-state index contributed by atoms with van der Waals surface area (Å²) < 4.78 is 19.7. The number of allylic oxidation sites excluding steroid dienone is 2. The second-order valence-corrected chi connectivity index (χ2v) is 9.42. The Labute approximate surface area is 230 Å². The molecule has 1 heterocycles. The highest BCUT2D eigenvalue weighted by Gasteiger charge is 2.26. The van der Waals surface area contributed by atoms with Gasteiger partial charge in [-0.1, -0.05) is 49.6 Å². The Kier molecular flexibility index (Phi) is 11.6. The van der Waals surface area contributed by atoms with Gasteiger partial charge in [-0.3, -0.25) is 9.78 Å². The molecule has 0 atom stereocenters. The molecule has 1 aliphatic carbocycles. The molecule has 1 aromatic heterocycles. The first kappa shape index (κ1) is 29.5. The number of ether oxygens (including phenoxy) is 1. The van der Waals surface area contributed by atoms with Gasteiger partial charge in [-0.25, -0.2) is 9.18 Å². The van der Waals surface area contributed by atoms with E-state index < -0.39 is 0 Å². The number of anilines is 2. The van der Waals surface area contributed by atoms with Gasteiger partial charge in [0.2, 0.25) is 0 Å². The van der Waals surface area contributed by atoms with Crippen LogP contribution in [0.1, 0.15) is 43.2 Å². The summed E-state index contributed by atoms with van der Waals surface area (Å²) in [6.45, 7) is 0.175. The Morgan fingerprint density at radius 3 is 2.38 bits per heavy atom. The number of hydrogen-bond donors (Lipinski definition) is 1. The first-order valence-corrected chi connectivity index (χ1v) is 13.1. The molecule has 0 unspecified atom stereocenters. The summed E-state index contributed by atoms with van der Waals surface area (Å²) in [4.78, 5) is 29.2. The molecule has 1 aliphatic rings. The van der Waals surface area contributed by atoms with Crippen LogP contribution in [0.2, 0.25) is 0 Å². The van der Waals surface area contributed by atoms with Crippen molar-refractivity contribution in [2.24, 2.45) is 5.92 Å². The molecule has 3 aromatic rings. The number of methoxy groups -OCH3 is 1. The van der Waals surface area contributed by atoms with Crippen molar-refractivity contribution in [3.8, 4) is 11.1 Å². The third kappa shape index (κ3) is 8.21. The van der Waals surface area contributed by atoms with Crippen LogP contribution < -0.4 is 10.2 Å². The van der Waals surface area contributed by atoms with E-state index in [0.29, 0.717) is 23.2 Å². The van der Waals surface area contributed by atoms with Crippen molar-refractivity contribution in [2.45, 2.75) is 38.6 Å². The fourth-order valence-electron chi connectivity index (χ4n) is 4.74. The minimum absolute atomic E-state index is 0.0680. The highest BCUT2D eigenvalue weighted by Crippen LogP contribution is 2.34. The van der Waals surface area contributed by atoms with E-state index in [1.165, 1.54) is 12.1 Å². The Balaban J connectivity index is 0.00000134. The second-order valence-electron chi connectivity index (χ2n) is 9.42. The van der Waals surface area contributed by atoms with E-state index in [0.717, 1.165) is 54.5 Å². The Hall–Kier alpha value is -4.06. The minimum Gasteiger partial charge on any atom is -0.388 e. The van der Waals surface area contributed by atoms with Crippen LogP contribution in [0.15, 0.2) is 72.7 Å². The summed E-state index contributed by atoms with van der Waals surface area (Å²) in [6.07, 6.45) is 12.1. The number of nitrogens with zero attached hydrogens (tertiary/aromatic N) is 2. The van der Waals surface area contributed by atoms with Gasteiger partial charge < -0.3 is 15.0 Å². The van der Waals surface area contributed by atoms with Gasteiger partial charge in [0, 0.05) is 44.6 Å². The van der Waals surface area contributed by atoms with Crippen LogP contribution in [-0.2, 0) is 20.9 Å². The molecule has 1 fully saturated rings. The Morgan fingerprint density at radius 2 is 1.77 bits per heavy atom. The first-order chi connectivity index (χ1) is 19.0. The van der Waals surface area contributed by atoms with Crippen LogP contribution >= 0.6 is 0 Å². The van der Waals surface area contributed by atoms with Crippen molar-refractivity contribution in [3.63, 3.8) is 0 Å². The number of carbonyl (C=O) groups excluding carboxylic acids is 2. The quantitative estimate of drug-likeness (QED) is 0.189. The zero-order valence-corrected chi connectivity index (χ0v) is 22.8. The topological polar surface area (TPSA) is 71.5 Å². The van der Waals surface area contributed by atoms with Crippen LogP contribution in [0.25, 0.3) is 17.2 Å². The number of nitrogens with one attached hydrogen (secondary N) is 1. The fourth-order valence-corrected chi connectivity index (χ4v) is 4.74. The number of aldehydes is 1. The minimum atomic E-state index is -0.339. The monoisotopic (exact) mass is 529 g/mol. The molecule has 204 valence electrons. The van der Waals surface area contributed by atoms with E-state index in [4.69, 9.17) is 0 Å². The molecule has 39 heavy (non-hydrogen) atoms. The van der Waals surface area contributed by atoms with Gasteiger partial charge in [-0.05, 0) is 59.9 Å². The van der Waals surface area contributed by atoms with E-state index >= 15 is 4.39 Å². The van der Waals surface area contributed by atoms with E-state index in [2.05, 4.69) is 21.0 Å². The normalized spacial score (nSPS) is 13.2.